The molecule has 0 N–H and O–H groups in total. The smallest absolute Gasteiger partial charge is 0.274 e. The van der Waals surface area contributed by atoms with Crippen LogP contribution in [0.2, 0.25) is 0 Å². The second-order valence-electron chi connectivity index (χ2n) is 7.99. The van der Waals surface area contributed by atoms with E-state index in [1.807, 2.05) is 65.0 Å². The van der Waals surface area contributed by atoms with E-state index in [4.69, 9.17) is 9.72 Å². The molecule has 8 nitrogen and oxygen atoms in total. The first kappa shape index (κ1) is 19.7. The van der Waals surface area contributed by atoms with Crippen molar-refractivity contribution in [3.05, 3.63) is 71.6 Å². The average molecular weight is 419 g/mol. The van der Waals surface area contributed by atoms with E-state index < -0.39 is 0 Å². The zero-order valence-electron chi connectivity index (χ0n) is 17.9. The number of morpholine rings is 1. The van der Waals surface area contributed by atoms with Crippen LogP contribution in [0.15, 0.2) is 48.8 Å². The fourth-order valence-electron chi connectivity index (χ4n) is 4.21. The van der Waals surface area contributed by atoms with Gasteiger partial charge in [0.25, 0.3) is 5.91 Å². The Kier molecular flexibility index (Phi) is 5.17. The summed E-state index contributed by atoms with van der Waals surface area (Å²) in [6, 6.07) is 11.9. The zero-order chi connectivity index (χ0) is 21.4. The molecule has 160 valence electrons. The van der Waals surface area contributed by atoms with Crippen molar-refractivity contribution >= 4 is 17.2 Å². The number of ether oxygens (including phenoxy) is 1. The van der Waals surface area contributed by atoms with Gasteiger partial charge in [-0.25, -0.2) is 9.97 Å². The molecule has 8 heteroatoms. The Morgan fingerprint density at radius 3 is 2.29 bits per heavy atom. The van der Waals surface area contributed by atoms with Gasteiger partial charge < -0.3 is 18.4 Å². The maximum absolute atomic E-state index is 13.3. The lowest BCUT2D eigenvalue weighted by Crippen LogP contribution is -2.41. The molecule has 0 aromatic carbocycles. The maximum Gasteiger partial charge on any atom is 0.274 e. The number of amides is 1. The van der Waals surface area contributed by atoms with E-state index in [1.165, 1.54) is 0 Å². The van der Waals surface area contributed by atoms with Crippen molar-refractivity contribution in [2.75, 3.05) is 33.4 Å². The molecule has 1 fully saturated rings. The third-order valence-corrected chi connectivity index (χ3v) is 5.80. The van der Waals surface area contributed by atoms with Gasteiger partial charge in [0.1, 0.15) is 11.3 Å². The molecule has 0 spiro atoms. The minimum atomic E-state index is -0.0265. The summed E-state index contributed by atoms with van der Waals surface area (Å²) in [5.41, 5.74) is 5.32. The maximum atomic E-state index is 13.3. The van der Waals surface area contributed by atoms with E-state index in [9.17, 15) is 4.79 Å². The van der Waals surface area contributed by atoms with Gasteiger partial charge in [0, 0.05) is 38.6 Å². The molecule has 0 bridgehead atoms. The number of hydrogen-bond donors (Lipinski definition) is 0. The zero-order valence-corrected chi connectivity index (χ0v) is 17.9. The Morgan fingerprint density at radius 1 is 0.968 bits per heavy atom. The Labute approximate surface area is 180 Å². The fraction of sp³-hybridized carbons (Fsp3) is 0.348. The van der Waals surface area contributed by atoms with Crippen LogP contribution in [0, 0.1) is 6.92 Å². The lowest BCUT2D eigenvalue weighted by Gasteiger charge is -2.26. The Bertz CT molecular complexity index is 1240. The van der Waals surface area contributed by atoms with Crippen LogP contribution in [0.4, 0.5) is 0 Å². The van der Waals surface area contributed by atoms with Gasteiger partial charge >= 0.3 is 0 Å². The first-order valence-corrected chi connectivity index (χ1v) is 10.6. The van der Waals surface area contributed by atoms with Gasteiger partial charge in [-0.2, -0.15) is 0 Å². The van der Waals surface area contributed by atoms with Crippen molar-refractivity contribution in [2.45, 2.75) is 20.0 Å². The summed E-state index contributed by atoms with van der Waals surface area (Å²) >= 11 is 0. The van der Waals surface area contributed by atoms with E-state index in [0.717, 1.165) is 28.4 Å². The summed E-state index contributed by atoms with van der Waals surface area (Å²) in [6.07, 6.45) is 4.02. The summed E-state index contributed by atoms with van der Waals surface area (Å²) in [5, 5.41) is 0. The predicted octanol–water partition coefficient (Wildman–Crippen LogP) is 2.39. The largest absolute Gasteiger partial charge is 0.378 e. The topological polar surface area (TPSA) is 67.4 Å². The number of pyridine rings is 2. The van der Waals surface area contributed by atoms with E-state index >= 15 is 0 Å². The summed E-state index contributed by atoms with van der Waals surface area (Å²) in [5.74, 6) is -0.0265. The quantitative estimate of drug-likeness (QED) is 0.498. The van der Waals surface area contributed by atoms with Gasteiger partial charge in [-0.05, 0) is 38.2 Å². The molecule has 5 heterocycles. The second kappa shape index (κ2) is 8.13. The number of carbonyl (C=O) groups excluding carboxylic acids is 1. The number of aryl methyl sites for hydroxylation is 1. The van der Waals surface area contributed by atoms with Crippen LogP contribution in [-0.2, 0) is 17.8 Å². The molecule has 0 radical (unpaired) electrons. The van der Waals surface area contributed by atoms with Crippen molar-refractivity contribution in [2.24, 2.45) is 0 Å². The Balaban J connectivity index is 1.46. The number of carbonyl (C=O) groups is 1. The van der Waals surface area contributed by atoms with Gasteiger partial charge in [0.2, 0.25) is 0 Å². The number of fused-ring (bicyclic) bond motifs is 2. The number of nitrogens with zero attached hydrogens (tertiary/aromatic N) is 6. The fourth-order valence-corrected chi connectivity index (χ4v) is 4.21. The van der Waals surface area contributed by atoms with Gasteiger partial charge in [0.05, 0.1) is 30.3 Å². The lowest BCUT2D eigenvalue weighted by atomic mass is 10.2. The predicted molar refractivity (Wildman–Crippen MR) is 117 cm³/mol. The van der Waals surface area contributed by atoms with E-state index in [2.05, 4.69) is 21.3 Å². The molecule has 0 saturated carbocycles. The van der Waals surface area contributed by atoms with Crippen LogP contribution in [0.3, 0.4) is 0 Å². The normalized spacial score (nSPS) is 14.7. The molecule has 1 saturated heterocycles. The summed E-state index contributed by atoms with van der Waals surface area (Å²) in [7, 11) is 2.06. The highest BCUT2D eigenvalue weighted by molar-refractivity contribution is 5.94. The van der Waals surface area contributed by atoms with Crippen LogP contribution < -0.4 is 0 Å². The molecule has 0 unspecified atom stereocenters. The van der Waals surface area contributed by atoms with Crippen LogP contribution in [0.25, 0.3) is 11.3 Å². The molecule has 1 amide bonds. The van der Waals surface area contributed by atoms with Gasteiger partial charge in [-0.15, -0.1) is 0 Å². The van der Waals surface area contributed by atoms with Crippen molar-refractivity contribution in [3.8, 4) is 0 Å². The molecular formula is C23H26N6O2. The molecule has 1 aliphatic heterocycles. The number of rotatable bonds is 5. The van der Waals surface area contributed by atoms with Crippen molar-refractivity contribution in [3.63, 3.8) is 0 Å². The first-order chi connectivity index (χ1) is 15.1. The number of aromatic nitrogens is 4. The molecule has 1 aliphatic rings. The summed E-state index contributed by atoms with van der Waals surface area (Å²) < 4.78 is 9.55. The summed E-state index contributed by atoms with van der Waals surface area (Å²) in [4.78, 5) is 26.7. The van der Waals surface area contributed by atoms with Gasteiger partial charge in [0.15, 0.2) is 5.69 Å². The standard InChI is InChI=1S/C23H26N6O2/c1-17-18(28-9-5-3-7-20(28)24-17)15-26(2)16-19-22(23(30)27-11-13-31-14-12-27)25-21-8-4-6-10-29(19)21/h3-10H,11-16H2,1-2H3. The number of imidazole rings is 2. The van der Waals surface area contributed by atoms with E-state index in [1.54, 1.807) is 0 Å². The third-order valence-electron chi connectivity index (χ3n) is 5.80. The summed E-state index contributed by atoms with van der Waals surface area (Å²) in [6.45, 7) is 5.69. The lowest BCUT2D eigenvalue weighted by molar-refractivity contribution is 0.0298. The van der Waals surface area contributed by atoms with Crippen LogP contribution >= 0.6 is 0 Å². The number of hydrogen-bond acceptors (Lipinski definition) is 5. The molecule has 5 rings (SSSR count). The SMILES string of the molecule is Cc1nc2ccccn2c1CN(C)Cc1c(C(=O)N2CCOCC2)nc2ccccn12. The van der Waals surface area contributed by atoms with Crippen molar-refractivity contribution < 1.29 is 9.53 Å². The minimum absolute atomic E-state index is 0.0265. The molecule has 4 aromatic rings. The van der Waals surface area contributed by atoms with E-state index in [0.29, 0.717) is 45.1 Å². The minimum Gasteiger partial charge on any atom is -0.378 e. The molecule has 4 aromatic heterocycles. The molecular weight excluding hydrogens is 392 g/mol. The third kappa shape index (κ3) is 3.68. The van der Waals surface area contributed by atoms with Gasteiger partial charge in [-0.3, -0.25) is 9.69 Å². The molecule has 0 aliphatic carbocycles. The van der Waals surface area contributed by atoms with Crippen LogP contribution in [-0.4, -0.2) is 67.8 Å². The van der Waals surface area contributed by atoms with Crippen molar-refractivity contribution in [1.82, 2.24) is 28.6 Å². The molecule has 31 heavy (non-hydrogen) atoms. The van der Waals surface area contributed by atoms with Crippen molar-refractivity contribution in [1.29, 1.82) is 0 Å². The van der Waals surface area contributed by atoms with Crippen LogP contribution in [0.1, 0.15) is 27.6 Å². The second-order valence-corrected chi connectivity index (χ2v) is 7.99. The Hall–Kier alpha value is -3.23. The highest BCUT2D eigenvalue weighted by Crippen LogP contribution is 2.20. The monoisotopic (exact) mass is 418 g/mol. The van der Waals surface area contributed by atoms with Crippen LogP contribution in [0.5, 0.6) is 0 Å². The van der Waals surface area contributed by atoms with Gasteiger partial charge in [-0.1, -0.05) is 12.1 Å². The molecule has 0 atom stereocenters. The highest BCUT2D eigenvalue weighted by Gasteiger charge is 2.26. The Morgan fingerprint density at radius 2 is 1.58 bits per heavy atom. The highest BCUT2D eigenvalue weighted by atomic mass is 16.5. The van der Waals surface area contributed by atoms with E-state index in [-0.39, 0.29) is 5.91 Å². The average Bonchev–Trinajstić information content (AvgIpc) is 3.31. The first-order valence-electron chi connectivity index (χ1n) is 10.6.